The van der Waals surface area contributed by atoms with Gasteiger partial charge in [-0.05, 0) is 43.4 Å². The molecule has 1 aromatic carbocycles. The highest BCUT2D eigenvalue weighted by Gasteiger charge is 2.16. The van der Waals surface area contributed by atoms with E-state index in [2.05, 4.69) is 25.2 Å². The Morgan fingerprint density at radius 2 is 1.96 bits per heavy atom. The van der Waals surface area contributed by atoms with Crippen molar-refractivity contribution >= 4 is 17.9 Å². The van der Waals surface area contributed by atoms with Crippen molar-refractivity contribution in [2.24, 2.45) is 0 Å². The maximum absolute atomic E-state index is 12.1. The summed E-state index contributed by atoms with van der Waals surface area (Å²) < 4.78 is 5.20. The van der Waals surface area contributed by atoms with Gasteiger partial charge >= 0.3 is 6.01 Å². The number of hydrogen-bond acceptors (Lipinski definition) is 6. The van der Waals surface area contributed by atoms with Crippen LogP contribution in [0.15, 0.2) is 30.3 Å². The number of aromatic nitrogens is 3. The van der Waals surface area contributed by atoms with Gasteiger partial charge < -0.3 is 15.0 Å². The molecule has 2 aromatic rings. The zero-order valence-corrected chi connectivity index (χ0v) is 15.8. The minimum absolute atomic E-state index is 0.197. The summed E-state index contributed by atoms with van der Waals surface area (Å²) in [7, 11) is 1.53. The van der Waals surface area contributed by atoms with E-state index in [0.29, 0.717) is 11.8 Å². The number of nitrogens with zero attached hydrogens (tertiary/aromatic N) is 4. The Labute approximate surface area is 159 Å². The molecule has 0 spiro atoms. The molecule has 1 aliphatic rings. The Bertz CT molecular complexity index is 816. The van der Waals surface area contributed by atoms with Gasteiger partial charge in [0.15, 0.2) is 5.82 Å². The van der Waals surface area contributed by atoms with Crippen LogP contribution in [-0.2, 0) is 11.3 Å². The maximum Gasteiger partial charge on any atom is 0.321 e. The van der Waals surface area contributed by atoms with Crippen molar-refractivity contribution in [2.45, 2.75) is 32.7 Å². The summed E-state index contributed by atoms with van der Waals surface area (Å²) in [6, 6.07) is 8.17. The summed E-state index contributed by atoms with van der Waals surface area (Å²) in [5.74, 6) is 0.901. The highest BCUT2D eigenvalue weighted by atomic mass is 16.5. The molecule has 1 aliphatic heterocycles. The molecular weight excluding hydrogens is 342 g/mol. The molecule has 0 radical (unpaired) electrons. The minimum Gasteiger partial charge on any atom is -0.467 e. The molecule has 0 bridgehead atoms. The van der Waals surface area contributed by atoms with Crippen molar-refractivity contribution in [1.82, 2.24) is 20.3 Å². The monoisotopic (exact) mass is 367 g/mol. The highest BCUT2D eigenvalue weighted by molar-refractivity contribution is 5.91. The Morgan fingerprint density at radius 3 is 2.70 bits per heavy atom. The second-order valence-corrected chi connectivity index (χ2v) is 6.49. The number of hydrogen-bond donors (Lipinski definition) is 1. The first-order chi connectivity index (χ1) is 13.2. The second kappa shape index (κ2) is 9.12. The number of carbonyl (C=O) groups is 1. The Morgan fingerprint density at radius 1 is 1.19 bits per heavy atom. The fourth-order valence-corrected chi connectivity index (χ4v) is 2.96. The molecule has 1 fully saturated rings. The normalized spacial score (nSPS) is 14.4. The summed E-state index contributed by atoms with van der Waals surface area (Å²) in [5, 5.41) is 2.82. The molecule has 2 heterocycles. The number of aryl methyl sites for hydroxylation is 1. The molecule has 1 amide bonds. The quantitative estimate of drug-likeness (QED) is 0.790. The lowest BCUT2D eigenvalue weighted by molar-refractivity contribution is -0.116. The third-order valence-corrected chi connectivity index (χ3v) is 4.49. The van der Waals surface area contributed by atoms with Crippen LogP contribution >= 0.6 is 0 Å². The number of benzene rings is 1. The van der Waals surface area contributed by atoms with Gasteiger partial charge in [0.2, 0.25) is 11.9 Å². The lowest BCUT2D eigenvalue weighted by atomic mass is 10.1. The number of amides is 1. The molecule has 27 heavy (non-hydrogen) atoms. The van der Waals surface area contributed by atoms with Gasteiger partial charge in [-0.1, -0.05) is 24.3 Å². The van der Waals surface area contributed by atoms with E-state index in [1.165, 1.54) is 19.6 Å². The molecular formula is C20H25N5O2. The Kier molecular flexibility index (Phi) is 6.35. The molecule has 1 aromatic heterocycles. The SMILES string of the molecule is COc1nc(CNC(=O)/C=C/c2ccccc2C)nc(N2CCCCC2)n1. The van der Waals surface area contributed by atoms with E-state index in [1.54, 1.807) is 6.08 Å². The summed E-state index contributed by atoms with van der Waals surface area (Å²) in [5.41, 5.74) is 2.14. The van der Waals surface area contributed by atoms with Gasteiger partial charge in [-0.2, -0.15) is 15.0 Å². The third kappa shape index (κ3) is 5.26. The lowest BCUT2D eigenvalue weighted by Crippen LogP contribution is -2.32. The number of anilines is 1. The number of rotatable bonds is 6. The first-order valence-electron chi connectivity index (χ1n) is 9.21. The van der Waals surface area contributed by atoms with Crippen LogP contribution in [0, 0.1) is 6.92 Å². The summed E-state index contributed by atoms with van der Waals surface area (Å²) >= 11 is 0. The first-order valence-corrected chi connectivity index (χ1v) is 9.21. The van der Waals surface area contributed by atoms with Crippen LogP contribution in [0.4, 0.5) is 5.95 Å². The van der Waals surface area contributed by atoms with E-state index >= 15 is 0 Å². The van der Waals surface area contributed by atoms with Crippen molar-refractivity contribution in [2.75, 3.05) is 25.1 Å². The molecule has 142 valence electrons. The predicted molar refractivity (Wildman–Crippen MR) is 105 cm³/mol. The fraction of sp³-hybridized carbons (Fsp3) is 0.400. The average Bonchev–Trinajstić information content (AvgIpc) is 2.72. The maximum atomic E-state index is 12.1. The molecule has 1 saturated heterocycles. The van der Waals surface area contributed by atoms with Crippen molar-refractivity contribution < 1.29 is 9.53 Å². The van der Waals surface area contributed by atoms with Crippen LogP contribution in [0.1, 0.15) is 36.2 Å². The van der Waals surface area contributed by atoms with Crippen LogP contribution in [-0.4, -0.2) is 41.1 Å². The Balaban J connectivity index is 1.64. The summed E-state index contributed by atoms with van der Waals surface area (Å²) in [4.78, 5) is 27.3. The van der Waals surface area contributed by atoms with Crippen LogP contribution in [0.25, 0.3) is 6.08 Å². The van der Waals surface area contributed by atoms with E-state index in [1.807, 2.05) is 31.2 Å². The molecule has 3 rings (SSSR count). The van der Waals surface area contributed by atoms with E-state index in [0.717, 1.165) is 37.1 Å². The van der Waals surface area contributed by atoms with Crippen LogP contribution in [0.5, 0.6) is 6.01 Å². The molecule has 0 aliphatic carbocycles. The Hall–Kier alpha value is -2.96. The molecule has 0 atom stereocenters. The molecule has 7 nitrogen and oxygen atoms in total. The van der Waals surface area contributed by atoms with Crippen molar-refractivity contribution in [1.29, 1.82) is 0 Å². The number of piperidine rings is 1. The fourth-order valence-electron chi connectivity index (χ4n) is 2.96. The van der Waals surface area contributed by atoms with Crippen molar-refractivity contribution in [3.63, 3.8) is 0 Å². The zero-order valence-electron chi connectivity index (χ0n) is 15.8. The first kappa shape index (κ1) is 18.8. The van der Waals surface area contributed by atoms with Gasteiger partial charge in [0, 0.05) is 19.2 Å². The van der Waals surface area contributed by atoms with Gasteiger partial charge in [0.05, 0.1) is 13.7 Å². The number of methoxy groups -OCH3 is 1. The van der Waals surface area contributed by atoms with Crippen LogP contribution in [0.3, 0.4) is 0 Å². The summed E-state index contributed by atoms with van der Waals surface area (Å²) in [6.07, 6.45) is 6.81. The summed E-state index contributed by atoms with van der Waals surface area (Å²) in [6.45, 7) is 4.09. The predicted octanol–water partition coefficient (Wildman–Crippen LogP) is 2.51. The lowest BCUT2D eigenvalue weighted by Gasteiger charge is -2.26. The number of nitrogens with one attached hydrogen (secondary N) is 1. The van der Waals surface area contributed by atoms with Crippen LogP contribution < -0.4 is 15.0 Å². The molecule has 0 saturated carbocycles. The van der Waals surface area contributed by atoms with Gasteiger partial charge in [-0.3, -0.25) is 4.79 Å². The highest BCUT2D eigenvalue weighted by Crippen LogP contribution is 2.17. The van der Waals surface area contributed by atoms with E-state index < -0.39 is 0 Å². The molecule has 1 N–H and O–H groups in total. The van der Waals surface area contributed by atoms with Gasteiger partial charge in [0.25, 0.3) is 0 Å². The van der Waals surface area contributed by atoms with Gasteiger partial charge in [0.1, 0.15) is 0 Å². The van der Waals surface area contributed by atoms with E-state index in [9.17, 15) is 4.79 Å². The molecule has 0 unspecified atom stereocenters. The zero-order chi connectivity index (χ0) is 19.1. The smallest absolute Gasteiger partial charge is 0.321 e. The largest absolute Gasteiger partial charge is 0.467 e. The minimum atomic E-state index is -0.197. The van der Waals surface area contributed by atoms with Crippen LogP contribution in [0.2, 0.25) is 0 Å². The standard InChI is InChI=1S/C20H25N5O2/c1-15-8-4-5-9-16(15)10-11-18(26)21-14-17-22-19(24-20(23-17)27-2)25-12-6-3-7-13-25/h4-5,8-11H,3,6-7,12-14H2,1-2H3,(H,21,26)/b11-10+. The van der Waals surface area contributed by atoms with Gasteiger partial charge in [-0.15, -0.1) is 0 Å². The second-order valence-electron chi connectivity index (χ2n) is 6.49. The third-order valence-electron chi connectivity index (χ3n) is 4.49. The van der Waals surface area contributed by atoms with Gasteiger partial charge in [-0.25, -0.2) is 0 Å². The number of ether oxygens (including phenoxy) is 1. The van der Waals surface area contributed by atoms with Crippen molar-refractivity contribution in [3.8, 4) is 6.01 Å². The average molecular weight is 367 g/mol. The topological polar surface area (TPSA) is 80.2 Å². The molecule has 7 heteroatoms. The van der Waals surface area contributed by atoms with E-state index in [4.69, 9.17) is 4.74 Å². The number of carbonyl (C=O) groups excluding carboxylic acids is 1. The van der Waals surface area contributed by atoms with Crippen molar-refractivity contribution in [3.05, 3.63) is 47.3 Å². The van der Waals surface area contributed by atoms with E-state index in [-0.39, 0.29) is 18.5 Å².